The first-order valence-electron chi connectivity index (χ1n) is 7.20. The van der Waals surface area contributed by atoms with E-state index in [1.54, 1.807) is 36.6 Å². The molecule has 0 fully saturated rings. The lowest BCUT2D eigenvalue weighted by Gasteiger charge is -2.21. The van der Waals surface area contributed by atoms with Crippen molar-refractivity contribution in [3.63, 3.8) is 0 Å². The van der Waals surface area contributed by atoms with Crippen LogP contribution in [0.5, 0.6) is 0 Å². The van der Waals surface area contributed by atoms with Gasteiger partial charge in [0.1, 0.15) is 5.76 Å². The Morgan fingerprint density at radius 1 is 1.17 bits per heavy atom. The van der Waals surface area contributed by atoms with E-state index in [0.717, 1.165) is 10.2 Å². The fourth-order valence-corrected chi connectivity index (χ4v) is 2.78. The number of rotatable bonds is 4. The van der Waals surface area contributed by atoms with Gasteiger partial charge in [-0.25, -0.2) is 0 Å². The third kappa shape index (κ3) is 3.90. The Kier molecular flexibility index (Phi) is 4.62. The number of hydrogen-bond acceptors (Lipinski definition) is 4. The molecule has 6 heteroatoms. The lowest BCUT2D eigenvalue weighted by atomic mass is 9.89. The highest BCUT2D eigenvalue weighted by molar-refractivity contribution is 9.10. The molecule has 1 atom stereocenters. The maximum atomic E-state index is 12.1. The second kappa shape index (κ2) is 6.83. The van der Waals surface area contributed by atoms with Crippen LogP contribution in [0.1, 0.15) is 34.9 Å². The second-order valence-corrected chi connectivity index (χ2v) is 6.26. The molecule has 0 saturated carbocycles. The average Bonchev–Trinajstić information content (AvgIpc) is 3.07. The van der Waals surface area contributed by atoms with Crippen molar-refractivity contribution in [1.29, 1.82) is 0 Å². The standard InChI is InChI=1S/C17H15BrN2O3/c18-13-5-3-11(4-6-13)17(22)20-19-14-8-12(9-15(21)10-14)16-2-1-7-23-16/h1-7,10,12,19H,8-9H2,(H,20,22)/t12-/m1/s1. The summed E-state index contributed by atoms with van der Waals surface area (Å²) in [6.07, 6.45) is 4.15. The number of hydrazine groups is 1. The predicted molar refractivity (Wildman–Crippen MR) is 88.5 cm³/mol. The summed E-state index contributed by atoms with van der Waals surface area (Å²) in [4.78, 5) is 23.9. The predicted octanol–water partition coefficient (Wildman–Crippen LogP) is 3.31. The third-order valence-electron chi connectivity index (χ3n) is 3.64. The van der Waals surface area contributed by atoms with Gasteiger partial charge in [0.25, 0.3) is 5.91 Å². The van der Waals surface area contributed by atoms with Crippen LogP contribution in [-0.2, 0) is 4.79 Å². The molecular weight excluding hydrogens is 360 g/mol. The Hall–Kier alpha value is -2.34. The lowest BCUT2D eigenvalue weighted by Crippen LogP contribution is -2.38. The molecule has 1 aromatic carbocycles. The van der Waals surface area contributed by atoms with E-state index in [9.17, 15) is 9.59 Å². The molecule has 0 bridgehead atoms. The molecule has 1 aliphatic carbocycles. The third-order valence-corrected chi connectivity index (χ3v) is 4.17. The molecule has 1 aliphatic rings. The number of furan rings is 1. The van der Waals surface area contributed by atoms with Crippen molar-refractivity contribution in [1.82, 2.24) is 10.9 Å². The first kappa shape index (κ1) is 15.6. The minimum Gasteiger partial charge on any atom is -0.469 e. The molecule has 5 nitrogen and oxygen atoms in total. The number of carbonyl (C=O) groups excluding carboxylic acids is 2. The molecule has 1 aromatic heterocycles. The average molecular weight is 375 g/mol. The van der Waals surface area contributed by atoms with Gasteiger partial charge < -0.3 is 9.84 Å². The Bertz CT molecular complexity index is 736. The van der Waals surface area contributed by atoms with Crippen LogP contribution in [0.3, 0.4) is 0 Å². The van der Waals surface area contributed by atoms with Crippen molar-refractivity contribution in [3.8, 4) is 0 Å². The van der Waals surface area contributed by atoms with Gasteiger partial charge in [-0.05, 0) is 42.8 Å². The van der Waals surface area contributed by atoms with E-state index in [-0.39, 0.29) is 17.6 Å². The van der Waals surface area contributed by atoms with Crippen LogP contribution in [0.15, 0.2) is 63.3 Å². The molecule has 3 rings (SSSR count). The molecule has 0 radical (unpaired) electrons. The van der Waals surface area contributed by atoms with E-state index in [1.165, 1.54) is 6.08 Å². The minimum absolute atomic E-state index is 0.00502. The summed E-state index contributed by atoms with van der Waals surface area (Å²) < 4.78 is 6.28. The number of hydrogen-bond donors (Lipinski definition) is 2. The molecule has 1 heterocycles. The van der Waals surface area contributed by atoms with Crippen LogP contribution in [-0.4, -0.2) is 11.7 Å². The van der Waals surface area contributed by atoms with Crippen molar-refractivity contribution in [2.75, 3.05) is 0 Å². The Morgan fingerprint density at radius 3 is 2.65 bits per heavy atom. The molecule has 0 saturated heterocycles. The number of ketones is 1. The molecule has 23 heavy (non-hydrogen) atoms. The van der Waals surface area contributed by atoms with Crippen LogP contribution in [0.4, 0.5) is 0 Å². The summed E-state index contributed by atoms with van der Waals surface area (Å²) in [7, 11) is 0. The summed E-state index contributed by atoms with van der Waals surface area (Å²) in [5, 5.41) is 0. The zero-order valence-corrected chi connectivity index (χ0v) is 13.8. The largest absolute Gasteiger partial charge is 0.469 e. The summed E-state index contributed by atoms with van der Waals surface area (Å²) in [5.41, 5.74) is 6.67. The Morgan fingerprint density at radius 2 is 1.96 bits per heavy atom. The first-order chi connectivity index (χ1) is 11.1. The quantitative estimate of drug-likeness (QED) is 0.805. The van der Waals surface area contributed by atoms with Crippen LogP contribution in [0.2, 0.25) is 0 Å². The van der Waals surface area contributed by atoms with Gasteiger partial charge in [-0.3, -0.25) is 15.0 Å². The van der Waals surface area contributed by atoms with Gasteiger partial charge in [0, 0.05) is 34.1 Å². The molecule has 0 aliphatic heterocycles. The van der Waals surface area contributed by atoms with Gasteiger partial charge in [0.15, 0.2) is 5.78 Å². The zero-order chi connectivity index (χ0) is 16.2. The van der Waals surface area contributed by atoms with Crippen LogP contribution >= 0.6 is 15.9 Å². The maximum Gasteiger partial charge on any atom is 0.269 e. The summed E-state index contributed by atoms with van der Waals surface area (Å²) in [6, 6.07) is 10.7. The summed E-state index contributed by atoms with van der Waals surface area (Å²) >= 11 is 3.33. The first-order valence-corrected chi connectivity index (χ1v) is 8.00. The Balaban J connectivity index is 1.62. The van der Waals surface area contributed by atoms with E-state index < -0.39 is 0 Å². The number of amides is 1. The molecule has 2 aromatic rings. The normalized spacial score (nSPS) is 17.5. The summed E-state index contributed by atoms with van der Waals surface area (Å²) in [5.74, 6) is 0.531. The van der Waals surface area contributed by atoms with Crippen LogP contribution in [0, 0.1) is 0 Å². The Labute approximate surface area is 141 Å². The number of nitrogens with one attached hydrogen (secondary N) is 2. The van der Waals surface area contributed by atoms with Crippen LogP contribution < -0.4 is 10.9 Å². The van der Waals surface area contributed by atoms with Crippen molar-refractivity contribution >= 4 is 27.6 Å². The van der Waals surface area contributed by atoms with Gasteiger partial charge in [-0.2, -0.15) is 0 Å². The monoisotopic (exact) mass is 374 g/mol. The summed E-state index contributed by atoms with van der Waals surface area (Å²) in [6.45, 7) is 0. The molecule has 1 amide bonds. The van der Waals surface area contributed by atoms with E-state index >= 15 is 0 Å². The molecular formula is C17H15BrN2O3. The number of allylic oxidation sites excluding steroid dienone is 2. The van der Waals surface area contributed by atoms with E-state index in [4.69, 9.17) is 4.42 Å². The molecule has 0 unspecified atom stereocenters. The molecule has 0 spiro atoms. The fourth-order valence-electron chi connectivity index (χ4n) is 2.52. The number of benzene rings is 1. The van der Waals surface area contributed by atoms with Gasteiger partial charge in [-0.15, -0.1) is 0 Å². The second-order valence-electron chi connectivity index (χ2n) is 5.34. The number of halogens is 1. The molecule has 2 N–H and O–H groups in total. The van der Waals surface area contributed by atoms with Gasteiger partial charge >= 0.3 is 0 Å². The minimum atomic E-state index is -0.258. The van der Waals surface area contributed by atoms with Gasteiger partial charge in [-0.1, -0.05) is 15.9 Å². The highest BCUT2D eigenvalue weighted by Crippen LogP contribution is 2.30. The topological polar surface area (TPSA) is 71.3 Å². The highest BCUT2D eigenvalue weighted by Gasteiger charge is 2.24. The smallest absolute Gasteiger partial charge is 0.269 e. The SMILES string of the molecule is O=C1C=C(NNC(=O)c2ccc(Br)cc2)C[C@@H](c2ccco2)C1. The van der Waals surface area contributed by atoms with E-state index in [1.807, 2.05) is 6.07 Å². The van der Waals surface area contributed by atoms with Crippen molar-refractivity contribution in [2.24, 2.45) is 0 Å². The highest BCUT2D eigenvalue weighted by atomic mass is 79.9. The number of carbonyl (C=O) groups is 2. The van der Waals surface area contributed by atoms with Crippen LogP contribution in [0.25, 0.3) is 0 Å². The van der Waals surface area contributed by atoms with E-state index in [2.05, 4.69) is 26.8 Å². The zero-order valence-electron chi connectivity index (χ0n) is 12.2. The fraction of sp³-hybridized carbons (Fsp3) is 0.176. The van der Waals surface area contributed by atoms with Crippen molar-refractivity contribution in [3.05, 3.63) is 70.2 Å². The lowest BCUT2D eigenvalue weighted by molar-refractivity contribution is -0.115. The van der Waals surface area contributed by atoms with Crippen molar-refractivity contribution in [2.45, 2.75) is 18.8 Å². The van der Waals surface area contributed by atoms with Gasteiger partial charge in [0.05, 0.1) is 6.26 Å². The van der Waals surface area contributed by atoms with E-state index in [0.29, 0.717) is 24.1 Å². The van der Waals surface area contributed by atoms with Crippen molar-refractivity contribution < 1.29 is 14.0 Å². The molecule has 118 valence electrons. The maximum absolute atomic E-state index is 12.1. The van der Waals surface area contributed by atoms with Gasteiger partial charge in [0.2, 0.25) is 0 Å².